The van der Waals surface area contributed by atoms with E-state index in [1.54, 1.807) is 11.1 Å². The average Bonchev–Trinajstić information content (AvgIpc) is 3.79. The highest BCUT2D eigenvalue weighted by molar-refractivity contribution is 7.99. The number of aromatic amines is 2. The highest BCUT2D eigenvalue weighted by Crippen LogP contribution is 2.58. The monoisotopic (exact) mass is 526 g/mol. The first-order valence-corrected chi connectivity index (χ1v) is 15.5. The van der Waals surface area contributed by atoms with Crippen LogP contribution in [-0.2, 0) is 0 Å². The fraction of sp³-hybridized carbons (Fsp3) is 0.379. The normalized spacial score (nSPS) is 26.3. The molecule has 4 N–H and O–H groups in total. The van der Waals surface area contributed by atoms with Gasteiger partial charge < -0.3 is 9.97 Å². The number of hydrogen-bond donors (Lipinski definition) is 4. The number of fused-ring (bicyclic) bond motifs is 5. The van der Waals surface area contributed by atoms with E-state index < -0.39 is 0 Å². The Morgan fingerprint density at radius 3 is 1.86 bits per heavy atom. The summed E-state index contributed by atoms with van der Waals surface area (Å²) in [5.74, 6) is 5.71. The zero-order valence-electron chi connectivity index (χ0n) is 20.6. The Morgan fingerprint density at radius 1 is 0.649 bits per heavy atom. The Kier molecular flexibility index (Phi) is 5.49. The third-order valence-corrected chi connectivity index (χ3v) is 10.8. The van der Waals surface area contributed by atoms with Crippen LogP contribution in [0.2, 0.25) is 0 Å². The number of H-pyrrole nitrogens is 2. The minimum Gasteiger partial charge on any atom is -0.340 e. The summed E-state index contributed by atoms with van der Waals surface area (Å²) in [5, 5.41) is 7.60. The van der Waals surface area contributed by atoms with Gasteiger partial charge in [-0.25, -0.2) is 9.97 Å². The van der Waals surface area contributed by atoms with E-state index in [9.17, 15) is 0 Å². The number of thioether (sulfide) groups is 2. The third kappa shape index (κ3) is 3.80. The van der Waals surface area contributed by atoms with Crippen molar-refractivity contribution in [2.45, 2.75) is 41.8 Å². The van der Waals surface area contributed by atoms with Crippen LogP contribution in [0.25, 0.3) is 33.6 Å². The number of benzene rings is 2. The summed E-state index contributed by atoms with van der Waals surface area (Å²) in [6.45, 7) is 2.10. The molecule has 2 unspecified atom stereocenters. The molecule has 2 aliphatic heterocycles. The standard InChI is InChI=1S/C29H30N6S2/c1-3-17(22-14-32-26(34-22)28-30-9-11-36-28)4-2-16(1)20-7-8-21(25-19-6-5-18(13-19)24(20)25)23-15-33-27(35-23)29-31-10-12-37-29/h1-4,7-8,14-15,18-19,28-31H,5-6,9-13H2,(H,32,34)(H,33,35)/t18?,19?,28-,29-/m0/s1. The van der Waals surface area contributed by atoms with Gasteiger partial charge >= 0.3 is 0 Å². The maximum Gasteiger partial charge on any atom is 0.134 e. The smallest absolute Gasteiger partial charge is 0.134 e. The van der Waals surface area contributed by atoms with Gasteiger partial charge in [-0.1, -0.05) is 36.4 Å². The molecule has 3 fully saturated rings. The Labute approximate surface area is 225 Å². The van der Waals surface area contributed by atoms with Gasteiger partial charge in [-0.05, 0) is 58.9 Å². The lowest BCUT2D eigenvalue weighted by atomic mass is 9.82. The quantitative estimate of drug-likeness (QED) is 0.249. The molecule has 8 rings (SSSR count). The van der Waals surface area contributed by atoms with Crippen LogP contribution in [0.5, 0.6) is 0 Å². The fourth-order valence-electron chi connectivity index (χ4n) is 6.76. The molecule has 188 valence electrons. The predicted molar refractivity (Wildman–Crippen MR) is 153 cm³/mol. The second kappa shape index (κ2) is 9.05. The summed E-state index contributed by atoms with van der Waals surface area (Å²) < 4.78 is 0. The lowest BCUT2D eigenvalue weighted by molar-refractivity contribution is 0.716. The molecule has 2 bridgehead atoms. The van der Waals surface area contributed by atoms with E-state index in [1.165, 1.54) is 47.2 Å². The van der Waals surface area contributed by atoms with Crippen molar-refractivity contribution in [3.8, 4) is 33.6 Å². The van der Waals surface area contributed by atoms with Gasteiger partial charge in [0.2, 0.25) is 0 Å². The molecule has 4 atom stereocenters. The number of nitrogens with one attached hydrogen (secondary N) is 4. The molecule has 2 aliphatic carbocycles. The maximum absolute atomic E-state index is 4.76. The van der Waals surface area contributed by atoms with Crippen LogP contribution in [0.15, 0.2) is 48.8 Å². The average molecular weight is 527 g/mol. The van der Waals surface area contributed by atoms with Crippen molar-refractivity contribution in [3.05, 3.63) is 71.6 Å². The molecule has 1 saturated carbocycles. The minimum absolute atomic E-state index is 0.281. The zero-order chi connectivity index (χ0) is 24.3. The van der Waals surface area contributed by atoms with Crippen LogP contribution in [0, 0.1) is 0 Å². The van der Waals surface area contributed by atoms with E-state index in [1.807, 2.05) is 35.9 Å². The van der Waals surface area contributed by atoms with Crippen molar-refractivity contribution in [2.24, 2.45) is 0 Å². The summed E-state index contributed by atoms with van der Waals surface area (Å²) in [6.07, 6.45) is 7.93. The topological polar surface area (TPSA) is 81.4 Å². The van der Waals surface area contributed by atoms with Gasteiger partial charge in [-0.3, -0.25) is 10.6 Å². The van der Waals surface area contributed by atoms with Crippen LogP contribution in [0.1, 0.15) is 64.6 Å². The molecule has 4 aromatic rings. The minimum atomic E-state index is 0.281. The molecule has 8 heteroatoms. The first-order chi connectivity index (χ1) is 18.3. The van der Waals surface area contributed by atoms with E-state index in [-0.39, 0.29) is 10.7 Å². The van der Waals surface area contributed by atoms with Crippen molar-refractivity contribution < 1.29 is 0 Å². The van der Waals surface area contributed by atoms with Crippen LogP contribution in [0.4, 0.5) is 0 Å². The number of aromatic nitrogens is 4. The third-order valence-electron chi connectivity index (χ3n) is 8.45. The molecular weight excluding hydrogens is 496 g/mol. The number of imidazole rings is 2. The van der Waals surface area contributed by atoms with E-state index in [0.29, 0.717) is 11.8 Å². The SMILES string of the molecule is c1cc(-c2ccc(-c3cnc([C@H]4NCCS4)[nH]3)c3c2C2CCC3C2)ccc1-c1cnc([C@H]2NCCS2)[nH]1. The van der Waals surface area contributed by atoms with Crippen molar-refractivity contribution in [3.63, 3.8) is 0 Å². The molecule has 2 saturated heterocycles. The van der Waals surface area contributed by atoms with Crippen LogP contribution in [-0.4, -0.2) is 44.5 Å². The van der Waals surface area contributed by atoms with Gasteiger partial charge in [0.25, 0.3) is 0 Å². The molecular formula is C29H30N6S2. The molecule has 4 heterocycles. The summed E-state index contributed by atoms with van der Waals surface area (Å²) in [6, 6.07) is 13.7. The summed E-state index contributed by atoms with van der Waals surface area (Å²) >= 11 is 3.85. The van der Waals surface area contributed by atoms with Gasteiger partial charge in [0.1, 0.15) is 22.4 Å². The molecule has 6 nitrogen and oxygen atoms in total. The lowest BCUT2D eigenvalue weighted by Crippen LogP contribution is -2.13. The van der Waals surface area contributed by atoms with E-state index in [2.05, 4.69) is 62.0 Å². The first-order valence-electron chi connectivity index (χ1n) is 13.4. The fourth-order valence-corrected chi connectivity index (χ4v) is 8.73. The second-order valence-corrected chi connectivity index (χ2v) is 13.0. The highest BCUT2D eigenvalue weighted by Gasteiger charge is 2.40. The highest BCUT2D eigenvalue weighted by atomic mass is 32.2. The molecule has 0 amide bonds. The van der Waals surface area contributed by atoms with Crippen LogP contribution in [0.3, 0.4) is 0 Å². The first kappa shape index (κ1) is 22.5. The Balaban J connectivity index is 1.13. The van der Waals surface area contributed by atoms with Crippen LogP contribution >= 0.6 is 23.5 Å². The summed E-state index contributed by atoms with van der Waals surface area (Å²) in [7, 11) is 0. The van der Waals surface area contributed by atoms with E-state index >= 15 is 0 Å². The maximum atomic E-state index is 4.76. The number of hydrogen-bond acceptors (Lipinski definition) is 6. The lowest BCUT2D eigenvalue weighted by Gasteiger charge is -2.22. The number of nitrogens with zero attached hydrogens (tertiary/aromatic N) is 2. The molecule has 0 radical (unpaired) electrons. The van der Waals surface area contributed by atoms with Crippen molar-refractivity contribution in [1.29, 1.82) is 0 Å². The van der Waals surface area contributed by atoms with Gasteiger partial charge in [0.05, 0.1) is 23.8 Å². The molecule has 2 aromatic carbocycles. The Bertz CT molecular complexity index is 1450. The van der Waals surface area contributed by atoms with Crippen LogP contribution < -0.4 is 10.6 Å². The zero-order valence-corrected chi connectivity index (χ0v) is 22.2. The summed E-state index contributed by atoms with van der Waals surface area (Å²) in [4.78, 5) is 16.6. The molecule has 4 aliphatic rings. The van der Waals surface area contributed by atoms with Gasteiger partial charge in [-0.15, -0.1) is 23.5 Å². The largest absolute Gasteiger partial charge is 0.340 e. The second-order valence-electron chi connectivity index (χ2n) is 10.5. The molecule has 2 aromatic heterocycles. The Morgan fingerprint density at radius 2 is 1.22 bits per heavy atom. The van der Waals surface area contributed by atoms with E-state index in [0.717, 1.165) is 41.9 Å². The van der Waals surface area contributed by atoms with Gasteiger partial charge in [-0.2, -0.15) is 0 Å². The van der Waals surface area contributed by atoms with Crippen molar-refractivity contribution >= 4 is 23.5 Å². The predicted octanol–water partition coefficient (Wildman–Crippen LogP) is 6.17. The van der Waals surface area contributed by atoms with E-state index in [4.69, 9.17) is 4.98 Å². The Hall–Kier alpha value is -2.52. The number of rotatable bonds is 5. The molecule has 37 heavy (non-hydrogen) atoms. The van der Waals surface area contributed by atoms with Crippen molar-refractivity contribution in [2.75, 3.05) is 24.6 Å². The van der Waals surface area contributed by atoms with Gasteiger partial charge in [0, 0.05) is 30.2 Å². The van der Waals surface area contributed by atoms with Gasteiger partial charge in [0.15, 0.2) is 0 Å². The van der Waals surface area contributed by atoms with Crippen molar-refractivity contribution in [1.82, 2.24) is 30.6 Å². The molecule has 0 spiro atoms. The summed E-state index contributed by atoms with van der Waals surface area (Å²) in [5.41, 5.74) is 10.7.